The van der Waals surface area contributed by atoms with E-state index in [1.165, 1.54) is 0 Å². The fourth-order valence-corrected chi connectivity index (χ4v) is 3.18. The van der Waals surface area contributed by atoms with E-state index in [1.807, 2.05) is 19.1 Å². The van der Waals surface area contributed by atoms with E-state index in [0.29, 0.717) is 37.0 Å². The van der Waals surface area contributed by atoms with Gasteiger partial charge in [0.25, 0.3) is 5.91 Å². The van der Waals surface area contributed by atoms with Crippen LogP contribution in [-0.2, 0) is 11.3 Å². The molecule has 0 aliphatic carbocycles. The number of pyridine rings is 1. The van der Waals surface area contributed by atoms with E-state index in [1.54, 1.807) is 42.3 Å². The fourth-order valence-electron chi connectivity index (χ4n) is 3.18. The van der Waals surface area contributed by atoms with Crippen molar-refractivity contribution in [1.29, 1.82) is 0 Å². The molecule has 29 heavy (non-hydrogen) atoms. The van der Waals surface area contributed by atoms with E-state index >= 15 is 0 Å². The van der Waals surface area contributed by atoms with Crippen LogP contribution in [0.25, 0.3) is 11.5 Å². The van der Waals surface area contributed by atoms with Gasteiger partial charge in [-0.1, -0.05) is 6.07 Å². The number of carbonyl (C=O) groups excluding carboxylic acids is 2. The molecule has 1 N–H and O–H groups in total. The van der Waals surface area contributed by atoms with Gasteiger partial charge in [-0.15, -0.1) is 10.2 Å². The van der Waals surface area contributed by atoms with Crippen molar-refractivity contribution in [1.82, 2.24) is 25.4 Å². The highest BCUT2D eigenvalue weighted by molar-refractivity contribution is 5.96. The molecule has 2 aromatic heterocycles. The molecule has 1 saturated heterocycles. The molecule has 0 radical (unpaired) electrons. The number of hydrogen-bond donors (Lipinski definition) is 1. The Labute approximate surface area is 168 Å². The summed E-state index contributed by atoms with van der Waals surface area (Å²) in [6.45, 7) is 4.91. The van der Waals surface area contributed by atoms with Gasteiger partial charge in [-0.3, -0.25) is 14.6 Å². The molecule has 1 aromatic carbocycles. The third-order valence-corrected chi connectivity index (χ3v) is 4.99. The molecule has 2 amide bonds. The van der Waals surface area contributed by atoms with Gasteiger partial charge in [0.05, 0.1) is 18.2 Å². The number of hydrogen-bond acceptors (Lipinski definition) is 6. The van der Waals surface area contributed by atoms with E-state index in [0.717, 1.165) is 16.8 Å². The molecule has 4 rings (SSSR count). The topological polar surface area (TPSA) is 101 Å². The largest absolute Gasteiger partial charge is 0.421 e. The van der Waals surface area contributed by atoms with Crippen LogP contribution in [-0.4, -0.2) is 45.0 Å². The molecule has 0 bridgehead atoms. The van der Waals surface area contributed by atoms with Crippen LogP contribution in [0.15, 0.2) is 47.0 Å². The highest BCUT2D eigenvalue weighted by Crippen LogP contribution is 2.22. The number of rotatable bonds is 5. The standard InChI is InChI=1S/C21H21N5O3/c1-13-4-3-9-22-18(13)10-23-19(27)17-11-26(12-17)21(28)16-7-5-15(6-8-16)20-25-24-14(2)29-20/h3-9,17H,10-12H2,1-2H3,(H,23,27). The van der Waals surface area contributed by atoms with Crippen LogP contribution in [0.5, 0.6) is 0 Å². The van der Waals surface area contributed by atoms with Gasteiger partial charge in [0, 0.05) is 37.3 Å². The van der Waals surface area contributed by atoms with Crippen molar-refractivity contribution >= 4 is 11.8 Å². The number of benzene rings is 1. The zero-order chi connectivity index (χ0) is 20.4. The van der Waals surface area contributed by atoms with Gasteiger partial charge in [0.2, 0.25) is 17.7 Å². The minimum atomic E-state index is -0.191. The lowest BCUT2D eigenvalue weighted by Crippen LogP contribution is -2.55. The number of nitrogens with zero attached hydrogens (tertiary/aromatic N) is 4. The van der Waals surface area contributed by atoms with Crippen molar-refractivity contribution in [2.24, 2.45) is 5.92 Å². The molecule has 0 spiro atoms. The summed E-state index contributed by atoms with van der Waals surface area (Å²) in [7, 11) is 0. The van der Waals surface area contributed by atoms with Crippen LogP contribution in [0.3, 0.4) is 0 Å². The Morgan fingerprint density at radius 1 is 1.14 bits per heavy atom. The molecule has 0 atom stereocenters. The van der Waals surface area contributed by atoms with E-state index in [9.17, 15) is 9.59 Å². The summed E-state index contributed by atoms with van der Waals surface area (Å²) in [6.07, 6.45) is 1.71. The van der Waals surface area contributed by atoms with E-state index in [-0.39, 0.29) is 17.7 Å². The van der Waals surface area contributed by atoms with Gasteiger partial charge in [-0.05, 0) is 42.8 Å². The molecule has 1 aliphatic rings. The van der Waals surface area contributed by atoms with Crippen molar-refractivity contribution in [3.63, 3.8) is 0 Å². The van der Waals surface area contributed by atoms with Gasteiger partial charge >= 0.3 is 0 Å². The minimum Gasteiger partial charge on any atom is -0.421 e. The van der Waals surface area contributed by atoms with Crippen LogP contribution in [0.4, 0.5) is 0 Å². The molecule has 1 aliphatic heterocycles. The van der Waals surface area contributed by atoms with Crippen molar-refractivity contribution in [3.8, 4) is 11.5 Å². The summed E-state index contributed by atoms with van der Waals surface area (Å²) in [4.78, 5) is 30.9. The number of aryl methyl sites for hydroxylation is 2. The number of nitrogens with one attached hydrogen (secondary N) is 1. The van der Waals surface area contributed by atoms with Crippen LogP contribution < -0.4 is 5.32 Å². The summed E-state index contributed by atoms with van der Waals surface area (Å²) >= 11 is 0. The highest BCUT2D eigenvalue weighted by Gasteiger charge is 2.35. The Kier molecular flexibility index (Phi) is 5.07. The lowest BCUT2D eigenvalue weighted by atomic mass is 9.97. The normalized spacial score (nSPS) is 13.8. The first kappa shape index (κ1) is 18.8. The fraction of sp³-hybridized carbons (Fsp3) is 0.286. The first-order valence-corrected chi connectivity index (χ1v) is 9.39. The Morgan fingerprint density at radius 3 is 2.55 bits per heavy atom. The maximum absolute atomic E-state index is 12.6. The molecule has 0 saturated carbocycles. The van der Waals surface area contributed by atoms with Crippen molar-refractivity contribution in [3.05, 3.63) is 65.3 Å². The zero-order valence-corrected chi connectivity index (χ0v) is 16.3. The van der Waals surface area contributed by atoms with Gasteiger partial charge in [0.15, 0.2) is 0 Å². The van der Waals surface area contributed by atoms with Gasteiger partial charge < -0.3 is 14.6 Å². The smallest absolute Gasteiger partial charge is 0.253 e. The van der Waals surface area contributed by atoms with Crippen LogP contribution in [0.1, 0.15) is 27.5 Å². The number of carbonyl (C=O) groups is 2. The van der Waals surface area contributed by atoms with Gasteiger partial charge in [-0.25, -0.2) is 0 Å². The molecule has 148 valence electrons. The van der Waals surface area contributed by atoms with E-state index in [4.69, 9.17) is 4.42 Å². The summed E-state index contributed by atoms with van der Waals surface area (Å²) in [5.41, 5.74) is 3.21. The van der Waals surface area contributed by atoms with Crippen molar-refractivity contribution < 1.29 is 14.0 Å². The number of amides is 2. The van der Waals surface area contributed by atoms with Crippen molar-refractivity contribution in [2.45, 2.75) is 20.4 Å². The summed E-state index contributed by atoms with van der Waals surface area (Å²) in [5, 5.41) is 10.7. The predicted octanol–water partition coefficient (Wildman–Crippen LogP) is 2.14. The Balaban J connectivity index is 1.29. The van der Waals surface area contributed by atoms with E-state index in [2.05, 4.69) is 20.5 Å². The first-order chi connectivity index (χ1) is 14.0. The molecule has 3 aromatic rings. The molecular formula is C21H21N5O3. The quantitative estimate of drug-likeness (QED) is 0.715. The Morgan fingerprint density at radius 2 is 1.90 bits per heavy atom. The summed E-state index contributed by atoms with van der Waals surface area (Å²) < 4.78 is 5.39. The average Bonchev–Trinajstić information content (AvgIpc) is 3.12. The molecular weight excluding hydrogens is 370 g/mol. The minimum absolute atomic E-state index is 0.0544. The predicted molar refractivity (Wildman–Crippen MR) is 105 cm³/mol. The second kappa shape index (κ2) is 7.83. The molecule has 0 unspecified atom stereocenters. The summed E-state index contributed by atoms with van der Waals surface area (Å²) in [6, 6.07) is 10.8. The van der Waals surface area contributed by atoms with Crippen LogP contribution in [0.2, 0.25) is 0 Å². The van der Waals surface area contributed by atoms with E-state index < -0.39 is 0 Å². The zero-order valence-electron chi connectivity index (χ0n) is 16.3. The average molecular weight is 391 g/mol. The third-order valence-electron chi connectivity index (χ3n) is 4.99. The maximum Gasteiger partial charge on any atom is 0.253 e. The Bertz CT molecular complexity index is 1040. The van der Waals surface area contributed by atoms with Crippen LogP contribution >= 0.6 is 0 Å². The second-order valence-corrected chi connectivity index (χ2v) is 7.10. The molecule has 3 heterocycles. The van der Waals surface area contributed by atoms with Crippen LogP contribution in [0, 0.1) is 19.8 Å². The molecule has 1 fully saturated rings. The second-order valence-electron chi connectivity index (χ2n) is 7.10. The maximum atomic E-state index is 12.6. The number of aromatic nitrogens is 3. The highest BCUT2D eigenvalue weighted by atomic mass is 16.4. The molecule has 8 heteroatoms. The molecule has 8 nitrogen and oxygen atoms in total. The Hall–Kier alpha value is -3.55. The monoisotopic (exact) mass is 391 g/mol. The first-order valence-electron chi connectivity index (χ1n) is 9.39. The lowest BCUT2D eigenvalue weighted by Gasteiger charge is -2.38. The lowest BCUT2D eigenvalue weighted by molar-refractivity contribution is -0.129. The van der Waals surface area contributed by atoms with Crippen molar-refractivity contribution in [2.75, 3.05) is 13.1 Å². The SMILES string of the molecule is Cc1nnc(-c2ccc(C(=O)N3CC(C(=O)NCc4ncccc4C)C3)cc2)o1. The van der Waals surface area contributed by atoms with Gasteiger partial charge in [-0.2, -0.15) is 0 Å². The number of likely N-dealkylation sites (tertiary alicyclic amines) is 1. The van der Waals surface area contributed by atoms with Gasteiger partial charge in [0.1, 0.15) is 0 Å². The third kappa shape index (κ3) is 4.01. The summed E-state index contributed by atoms with van der Waals surface area (Å²) in [5.74, 6) is 0.571.